The van der Waals surface area contributed by atoms with Crippen LogP contribution in [0.2, 0.25) is 0 Å². The minimum atomic E-state index is -1.09. The quantitative estimate of drug-likeness (QED) is 0.713. The number of benzene rings is 1. The standard InChI is InChI=1S/C16H12N4O4/c1-16(14(21)18-15(22)19-16)11-4-2-9(3-5-11)12-17-13(24-20-12)10-6-7-23-8-10/h2-8H,1H3,(H2,18,19,21,22)/t16-/m0/s1. The zero-order chi connectivity index (χ0) is 16.7. The van der Waals surface area contributed by atoms with E-state index in [0.29, 0.717) is 22.8 Å². The van der Waals surface area contributed by atoms with Crippen LogP contribution in [-0.4, -0.2) is 22.1 Å². The highest BCUT2D eigenvalue weighted by molar-refractivity contribution is 6.07. The Morgan fingerprint density at radius 3 is 2.50 bits per heavy atom. The average molecular weight is 324 g/mol. The van der Waals surface area contributed by atoms with E-state index in [2.05, 4.69) is 20.8 Å². The Labute approximate surface area is 135 Å². The molecule has 3 heterocycles. The summed E-state index contributed by atoms with van der Waals surface area (Å²) in [6, 6.07) is 8.24. The smallest absolute Gasteiger partial charge is 0.322 e. The Balaban J connectivity index is 1.63. The molecule has 0 saturated carbocycles. The third kappa shape index (κ3) is 2.16. The van der Waals surface area contributed by atoms with Crippen molar-refractivity contribution in [2.45, 2.75) is 12.5 Å². The number of hydrogen-bond donors (Lipinski definition) is 2. The van der Waals surface area contributed by atoms with Gasteiger partial charge < -0.3 is 14.3 Å². The van der Waals surface area contributed by atoms with Crippen LogP contribution in [0.4, 0.5) is 4.79 Å². The molecule has 8 heteroatoms. The first-order valence-corrected chi connectivity index (χ1v) is 7.17. The Morgan fingerprint density at radius 1 is 1.08 bits per heavy atom. The number of aromatic nitrogens is 2. The number of carbonyl (C=O) groups is 2. The molecule has 8 nitrogen and oxygen atoms in total. The summed E-state index contributed by atoms with van der Waals surface area (Å²) < 4.78 is 10.2. The fraction of sp³-hybridized carbons (Fsp3) is 0.125. The molecule has 3 amide bonds. The van der Waals surface area contributed by atoms with Crippen molar-refractivity contribution in [3.8, 4) is 22.8 Å². The molecule has 1 saturated heterocycles. The van der Waals surface area contributed by atoms with Crippen LogP contribution in [-0.2, 0) is 10.3 Å². The topological polar surface area (TPSA) is 110 Å². The number of amides is 3. The second-order valence-corrected chi connectivity index (χ2v) is 5.55. The highest BCUT2D eigenvalue weighted by atomic mass is 16.5. The summed E-state index contributed by atoms with van der Waals surface area (Å²) in [6.45, 7) is 1.65. The van der Waals surface area contributed by atoms with Gasteiger partial charge in [-0.25, -0.2) is 4.79 Å². The van der Waals surface area contributed by atoms with Gasteiger partial charge in [0.2, 0.25) is 5.82 Å². The van der Waals surface area contributed by atoms with Gasteiger partial charge in [-0.05, 0) is 18.6 Å². The average Bonchev–Trinajstić information content (AvgIpc) is 3.29. The van der Waals surface area contributed by atoms with Crippen LogP contribution in [0.5, 0.6) is 0 Å². The molecule has 0 unspecified atom stereocenters. The van der Waals surface area contributed by atoms with E-state index in [0.717, 1.165) is 5.56 Å². The van der Waals surface area contributed by atoms with Crippen molar-refractivity contribution >= 4 is 11.9 Å². The molecule has 1 fully saturated rings. The van der Waals surface area contributed by atoms with Gasteiger partial charge in [-0.3, -0.25) is 10.1 Å². The molecule has 0 radical (unpaired) electrons. The maximum atomic E-state index is 12.0. The van der Waals surface area contributed by atoms with Gasteiger partial charge in [-0.2, -0.15) is 4.98 Å². The molecule has 1 aliphatic heterocycles. The van der Waals surface area contributed by atoms with Gasteiger partial charge in [-0.15, -0.1) is 0 Å². The summed E-state index contributed by atoms with van der Waals surface area (Å²) in [7, 11) is 0. The zero-order valence-corrected chi connectivity index (χ0v) is 12.6. The third-order valence-corrected chi connectivity index (χ3v) is 3.96. The SMILES string of the molecule is C[C@@]1(c2ccc(-c3noc(-c4ccoc4)n3)cc2)NC(=O)NC1=O. The lowest BCUT2D eigenvalue weighted by Crippen LogP contribution is -2.40. The van der Waals surface area contributed by atoms with Crippen molar-refractivity contribution in [2.24, 2.45) is 0 Å². The highest BCUT2D eigenvalue weighted by Gasteiger charge is 2.43. The number of carbonyl (C=O) groups excluding carboxylic acids is 2. The monoisotopic (exact) mass is 324 g/mol. The third-order valence-electron chi connectivity index (χ3n) is 3.96. The Morgan fingerprint density at radius 2 is 1.88 bits per heavy atom. The normalized spacial score (nSPS) is 20.0. The first-order chi connectivity index (χ1) is 11.6. The van der Waals surface area contributed by atoms with E-state index in [1.165, 1.54) is 12.5 Å². The summed E-state index contributed by atoms with van der Waals surface area (Å²) in [5.41, 5.74) is 0.997. The Bertz CT molecular complexity index is 914. The molecule has 1 aromatic carbocycles. The summed E-state index contributed by atoms with van der Waals surface area (Å²) >= 11 is 0. The van der Waals surface area contributed by atoms with E-state index in [4.69, 9.17) is 8.94 Å². The predicted octanol–water partition coefficient (Wildman–Crippen LogP) is 2.05. The van der Waals surface area contributed by atoms with Gasteiger partial charge in [0, 0.05) is 5.56 Å². The van der Waals surface area contributed by atoms with Crippen molar-refractivity contribution in [3.63, 3.8) is 0 Å². The van der Waals surface area contributed by atoms with Crippen molar-refractivity contribution in [3.05, 3.63) is 48.4 Å². The summed E-state index contributed by atoms with van der Waals surface area (Å²) in [5.74, 6) is 0.391. The summed E-state index contributed by atoms with van der Waals surface area (Å²) in [6.07, 6.45) is 3.04. The first-order valence-electron chi connectivity index (χ1n) is 7.17. The molecule has 0 bridgehead atoms. The molecule has 3 aromatic rings. The fourth-order valence-corrected chi connectivity index (χ4v) is 2.54. The van der Waals surface area contributed by atoms with E-state index < -0.39 is 11.6 Å². The predicted molar refractivity (Wildman–Crippen MR) is 81.5 cm³/mol. The van der Waals surface area contributed by atoms with E-state index in [1.807, 2.05) is 0 Å². The van der Waals surface area contributed by atoms with Crippen molar-refractivity contribution < 1.29 is 18.5 Å². The summed E-state index contributed by atoms with van der Waals surface area (Å²) in [4.78, 5) is 27.6. The van der Waals surface area contributed by atoms with Gasteiger partial charge in [0.25, 0.3) is 11.8 Å². The first kappa shape index (κ1) is 14.2. The van der Waals surface area contributed by atoms with Crippen LogP contribution in [0.3, 0.4) is 0 Å². The molecular formula is C16H12N4O4. The van der Waals surface area contributed by atoms with Crippen LogP contribution < -0.4 is 10.6 Å². The molecule has 120 valence electrons. The zero-order valence-electron chi connectivity index (χ0n) is 12.6. The van der Waals surface area contributed by atoms with Crippen molar-refractivity contribution in [1.82, 2.24) is 20.8 Å². The lowest BCUT2D eigenvalue weighted by atomic mass is 9.91. The number of hydrogen-bond acceptors (Lipinski definition) is 6. The molecular weight excluding hydrogens is 312 g/mol. The maximum absolute atomic E-state index is 12.0. The van der Waals surface area contributed by atoms with Crippen LogP contribution in [0, 0.1) is 0 Å². The Kier molecular flexibility index (Phi) is 2.99. The minimum absolute atomic E-state index is 0.359. The van der Waals surface area contributed by atoms with Gasteiger partial charge in [0.15, 0.2) is 0 Å². The fourth-order valence-electron chi connectivity index (χ4n) is 2.54. The number of imide groups is 1. The number of nitrogens with one attached hydrogen (secondary N) is 2. The molecule has 2 N–H and O–H groups in total. The van der Waals surface area contributed by atoms with Crippen molar-refractivity contribution in [1.29, 1.82) is 0 Å². The molecule has 24 heavy (non-hydrogen) atoms. The number of rotatable bonds is 3. The molecule has 1 atom stereocenters. The van der Waals surface area contributed by atoms with Gasteiger partial charge in [0.05, 0.1) is 11.8 Å². The summed E-state index contributed by atoms with van der Waals surface area (Å²) in [5, 5.41) is 8.79. The largest absolute Gasteiger partial charge is 0.472 e. The van der Waals surface area contributed by atoms with Gasteiger partial charge in [0.1, 0.15) is 11.8 Å². The lowest BCUT2D eigenvalue weighted by molar-refractivity contribution is -0.123. The molecule has 2 aromatic heterocycles. The van der Waals surface area contributed by atoms with Crippen LogP contribution >= 0.6 is 0 Å². The van der Waals surface area contributed by atoms with Crippen molar-refractivity contribution in [2.75, 3.05) is 0 Å². The van der Waals surface area contributed by atoms with E-state index in [-0.39, 0.29) is 5.91 Å². The number of nitrogens with zero attached hydrogens (tertiary/aromatic N) is 2. The van der Waals surface area contributed by atoms with E-state index >= 15 is 0 Å². The molecule has 4 rings (SSSR count). The minimum Gasteiger partial charge on any atom is -0.472 e. The van der Waals surface area contributed by atoms with E-state index in [1.54, 1.807) is 37.3 Å². The second kappa shape index (κ2) is 5.05. The van der Waals surface area contributed by atoms with Crippen LogP contribution in [0.15, 0.2) is 51.8 Å². The number of furan rings is 1. The van der Waals surface area contributed by atoms with Crippen LogP contribution in [0.25, 0.3) is 22.8 Å². The van der Waals surface area contributed by atoms with E-state index in [9.17, 15) is 9.59 Å². The lowest BCUT2D eigenvalue weighted by Gasteiger charge is -2.20. The number of urea groups is 1. The molecule has 0 aliphatic carbocycles. The van der Waals surface area contributed by atoms with Gasteiger partial charge in [-0.1, -0.05) is 29.4 Å². The Hall–Kier alpha value is -3.42. The second-order valence-electron chi connectivity index (χ2n) is 5.55. The van der Waals surface area contributed by atoms with Crippen LogP contribution in [0.1, 0.15) is 12.5 Å². The molecule has 0 spiro atoms. The molecule has 1 aliphatic rings. The van der Waals surface area contributed by atoms with Gasteiger partial charge >= 0.3 is 6.03 Å². The maximum Gasteiger partial charge on any atom is 0.322 e. The highest BCUT2D eigenvalue weighted by Crippen LogP contribution is 2.27.